The van der Waals surface area contributed by atoms with Gasteiger partial charge in [0.25, 0.3) is 0 Å². The maximum atomic E-state index is 12.3. The third kappa shape index (κ3) is 4.98. The first-order valence-corrected chi connectivity index (χ1v) is 10.8. The molecular weight excluding hydrogens is 396 g/mol. The maximum absolute atomic E-state index is 12.3. The molecule has 1 amide bonds. The van der Waals surface area contributed by atoms with Crippen LogP contribution < -0.4 is 5.32 Å². The van der Waals surface area contributed by atoms with Crippen LogP contribution in [-0.4, -0.2) is 53.4 Å². The number of para-hydroxylation sites is 1. The molecule has 0 radical (unpaired) electrons. The van der Waals surface area contributed by atoms with Crippen LogP contribution in [0.4, 0.5) is 0 Å². The van der Waals surface area contributed by atoms with Crippen LogP contribution in [0, 0.1) is 6.92 Å². The number of hydrogen-bond acceptors (Lipinski definition) is 4. The summed E-state index contributed by atoms with van der Waals surface area (Å²) >= 11 is 6.62. The summed E-state index contributed by atoms with van der Waals surface area (Å²) in [6.07, 6.45) is 0. The fourth-order valence-electron chi connectivity index (χ4n) is 3.89. The van der Waals surface area contributed by atoms with Crippen molar-refractivity contribution in [3.8, 4) is 0 Å². The number of hydrogen-bond donors (Lipinski definition) is 1. The van der Waals surface area contributed by atoms with Gasteiger partial charge in [0.15, 0.2) is 0 Å². The lowest BCUT2D eigenvalue weighted by Gasteiger charge is -2.34. The normalized spacial score (nSPS) is 15.4. The first-order chi connectivity index (χ1) is 14.6. The van der Waals surface area contributed by atoms with Crippen LogP contribution in [0.25, 0.3) is 10.9 Å². The number of carbonyl (C=O) groups is 1. The smallest absolute Gasteiger partial charge is 0.234 e. The third-order valence-electron chi connectivity index (χ3n) is 5.68. The highest BCUT2D eigenvalue weighted by Gasteiger charge is 2.21. The average Bonchev–Trinajstić information content (AvgIpc) is 2.78. The summed E-state index contributed by atoms with van der Waals surface area (Å²) in [5, 5.41) is 4.88. The Bertz CT molecular complexity index is 1020. The van der Waals surface area contributed by atoms with Crippen LogP contribution in [0.1, 0.15) is 16.8 Å². The molecule has 0 saturated carbocycles. The standard InChI is InChI=1S/C24H27ClN4O/c1-18-20-9-5-6-10-21(20)27-22(24(18)25)16-28-11-13-29(14-12-28)17-23(30)26-15-19-7-3-2-4-8-19/h2-10H,11-17H2,1H3,(H,26,30). The van der Waals surface area contributed by atoms with E-state index in [9.17, 15) is 4.79 Å². The molecule has 1 aromatic heterocycles. The van der Waals surface area contributed by atoms with Crippen LogP contribution in [0.5, 0.6) is 0 Å². The number of nitrogens with zero attached hydrogens (tertiary/aromatic N) is 3. The highest BCUT2D eigenvalue weighted by Crippen LogP contribution is 2.27. The molecule has 1 aliphatic heterocycles. The maximum Gasteiger partial charge on any atom is 0.234 e. The van der Waals surface area contributed by atoms with Crippen molar-refractivity contribution in [2.75, 3.05) is 32.7 Å². The Kier molecular flexibility index (Phi) is 6.62. The molecule has 0 aliphatic carbocycles. The SMILES string of the molecule is Cc1c(Cl)c(CN2CCN(CC(=O)NCc3ccccc3)CC2)nc2ccccc12. The highest BCUT2D eigenvalue weighted by molar-refractivity contribution is 6.32. The van der Waals surface area contributed by atoms with E-state index in [0.717, 1.165) is 65.5 Å². The number of benzene rings is 2. The second-order valence-electron chi connectivity index (χ2n) is 7.83. The Balaban J connectivity index is 1.28. The minimum atomic E-state index is 0.0715. The van der Waals surface area contributed by atoms with Gasteiger partial charge in [-0.25, -0.2) is 4.98 Å². The van der Waals surface area contributed by atoms with Crippen molar-refractivity contribution in [3.63, 3.8) is 0 Å². The summed E-state index contributed by atoms with van der Waals surface area (Å²) in [5.41, 5.74) is 4.13. The Morgan fingerprint density at radius 3 is 2.43 bits per heavy atom. The van der Waals surface area contributed by atoms with Crippen LogP contribution in [0.2, 0.25) is 5.02 Å². The molecule has 0 atom stereocenters. The van der Waals surface area contributed by atoms with Crippen LogP contribution >= 0.6 is 11.6 Å². The molecular formula is C24H27ClN4O. The van der Waals surface area contributed by atoms with E-state index >= 15 is 0 Å². The summed E-state index contributed by atoms with van der Waals surface area (Å²) in [4.78, 5) is 21.6. The predicted octanol–water partition coefficient (Wildman–Crippen LogP) is 3.63. The molecule has 2 heterocycles. The van der Waals surface area contributed by atoms with Gasteiger partial charge in [-0.05, 0) is 24.1 Å². The van der Waals surface area contributed by atoms with Gasteiger partial charge in [-0.2, -0.15) is 0 Å². The number of halogens is 1. The van der Waals surface area contributed by atoms with E-state index in [-0.39, 0.29) is 5.91 Å². The quantitative estimate of drug-likeness (QED) is 0.659. The first-order valence-electron chi connectivity index (χ1n) is 10.4. The van der Waals surface area contributed by atoms with Gasteiger partial charge < -0.3 is 5.32 Å². The molecule has 1 N–H and O–H groups in total. The number of nitrogens with one attached hydrogen (secondary N) is 1. The molecule has 2 aromatic carbocycles. The van der Waals surface area contributed by atoms with Gasteiger partial charge in [0.05, 0.1) is 22.8 Å². The number of aryl methyl sites for hydroxylation is 1. The van der Waals surface area contributed by atoms with Gasteiger partial charge in [0.2, 0.25) is 5.91 Å². The molecule has 0 unspecified atom stereocenters. The Morgan fingerprint density at radius 1 is 1.00 bits per heavy atom. The fraction of sp³-hybridized carbons (Fsp3) is 0.333. The lowest BCUT2D eigenvalue weighted by atomic mass is 10.1. The van der Waals surface area contributed by atoms with E-state index in [1.807, 2.05) is 48.5 Å². The zero-order chi connectivity index (χ0) is 20.9. The number of rotatable bonds is 6. The number of pyridine rings is 1. The predicted molar refractivity (Wildman–Crippen MR) is 121 cm³/mol. The number of amides is 1. The molecule has 5 nitrogen and oxygen atoms in total. The van der Waals surface area contributed by atoms with E-state index in [4.69, 9.17) is 16.6 Å². The van der Waals surface area contributed by atoms with Gasteiger partial charge in [-0.15, -0.1) is 0 Å². The molecule has 1 fully saturated rings. The van der Waals surface area contributed by atoms with Crippen LogP contribution in [0.3, 0.4) is 0 Å². The number of carbonyl (C=O) groups excluding carboxylic acids is 1. The zero-order valence-corrected chi connectivity index (χ0v) is 18.0. The summed E-state index contributed by atoms with van der Waals surface area (Å²) in [6.45, 7) is 7.33. The van der Waals surface area contributed by atoms with Crippen molar-refractivity contribution in [2.45, 2.75) is 20.0 Å². The second-order valence-corrected chi connectivity index (χ2v) is 8.21. The lowest BCUT2D eigenvalue weighted by Crippen LogP contribution is -2.49. The summed E-state index contributed by atoms with van der Waals surface area (Å²) < 4.78 is 0. The van der Waals surface area contributed by atoms with Crippen LogP contribution in [-0.2, 0) is 17.9 Å². The van der Waals surface area contributed by atoms with Gasteiger partial charge in [0.1, 0.15) is 0 Å². The molecule has 1 aliphatic rings. The molecule has 6 heteroatoms. The van der Waals surface area contributed by atoms with Crippen molar-refractivity contribution in [1.29, 1.82) is 0 Å². The van der Waals surface area contributed by atoms with Crippen molar-refractivity contribution >= 4 is 28.4 Å². The first kappa shape index (κ1) is 20.8. The molecule has 1 saturated heterocycles. The fourth-order valence-corrected chi connectivity index (χ4v) is 4.10. The minimum Gasteiger partial charge on any atom is -0.351 e. The van der Waals surface area contributed by atoms with Crippen LogP contribution in [0.15, 0.2) is 54.6 Å². The summed E-state index contributed by atoms with van der Waals surface area (Å²) in [5.74, 6) is 0.0715. The molecule has 3 aromatic rings. The van der Waals surface area contributed by atoms with Gasteiger partial charge in [0, 0.05) is 44.7 Å². The van der Waals surface area contributed by atoms with Gasteiger partial charge in [-0.1, -0.05) is 60.1 Å². The van der Waals surface area contributed by atoms with E-state index in [0.29, 0.717) is 13.1 Å². The number of fused-ring (bicyclic) bond motifs is 1. The largest absolute Gasteiger partial charge is 0.351 e. The Morgan fingerprint density at radius 2 is 1.67 bits per heavy atom. The van der Waals surface area contributed by atoms with Crippen molar-refractivity contribution < 1.29 is 4.79 Å². The average molecular weight is 423 g/mol. The lowest BCUT2D eigenvalue weighted by molar-refractivity contribution is -0.122. The highest BCUT2D eigenvalue weighted by atomic mass is 35.5. The van der Waals surface area contributed by atoms with E-state index < -0.39 is 0 Å². The number of aromatic nitrogens is 1. The van der Waals surface area contributed by atoms with Crippen molar-refractivity contribution in [3.05, 3.63) is 76.4 Å². The van der Waals surface area contributed by atoms with Crippen molar-refractivity contribution in [2.24, 2.45) is 0 Å². The van der Waals surface area contributed by atoms with Gasteiger partial charge in [-0.3, -0.25) is 14.6 Å². The second kappa shape index (κ2) is 9.56. The number of piperazine rings is 1. The van der Waals surface area contributed by atoms with Gasteiger partial charge >= 0.3 is 0 Å². The topological polar surface area (TPSA) is 48.5 Å². The molecule has 0 bridgehead atoms. The summed E-state index contributed by atoms with van der Waals surface area (Å²) in [6, 6.07) is 18.1. The molecule has 30 heavy (non-hydrogen) atoms. The molecule has 0 spiro atoms. The monoisotopic (exact) mass is 422 g/mol. The molecule has 156 valence electrons. The van der Waals surface area contributed by atoms with Crippen molar-refractivity contribution in [1.82, 2.24) is 20.1 Å². The zero-order valence-electron chi connectivity index (χ0n) is 17.3. The molecule has 4 rings (SSSR count). The Hall–Kier alpha value is -2.47. The van der Waals surface area contributed by atoms with E-state index in [2.05, 4.69) is 28.1 Å². The Labute approximate surface area is 182 Å². The minimum absolute atomic E-state index is 0.0715. The summed E-state index contributed by atoms with van der Waals surface area (Å²) in [7, 11) is 0. The van der Waals surface area contributed by atoms with E-state index in [1.165, 1.54) is 0 Å². The third-order valence-corrected chi connectivity index (χ3v) is 6.19. The van der Waals surface area contributed by atoms with E-state index in [1.54, 1.807) is 0 Å².